The predicted octanol–water partition coefficient (Wildman–Crippen LogP) is 4.98. The highest BCUT2D eigenvalue weighted by molar-refractivity contribution is 8.00. The lowest BCUT2D eigenvalue weighted by Crippen LogP contribution is -2.41. The number of nitrogens with zero attached hydrogens (tertiary/aromatic N) is 1. The number of ketones is 2. The molecule has 4 amide bonds. The van der Waals surface area contributed by atoms with Crippen LogP contribution in [-0.2, 0) is 28.6 Å². The molecule has 0 bridgehead atoms. The van der Waals surface area contributed by atoms with Crippen LogP contribution >= 0.6 is 11.8 Å². The Kier molecular flexibility index (Phi) is 19.5. The molecule has 2 fully saturated rings. The smallest absolute Gasteiger partial charge is 0.337 e. The molecule has 0 radical (unpaired) electrons. The Morgan fingerprint density at radius 3 is 1.93 bits per heavy atom. The Bertz CT molecular complexity index is 1650. The number of aromatic nitrogens is 1. The van der Waals surface area contributed by atoms with Gasteiger partial charge in [0.1, 0.15) is 11.6 Å². The van der Waals surface area contributed by atoms with Crippen molar-refractivity contribution in [2.24, 2.45) is 0 Å². The summed E-state index contributed by atoms with van der Waals surface area (Å²) in [6.07, 6.45) is 8.31. The van der Waals surface area contributed by atoms with Crippen molar-refractivity contribution in [1.29, 1.82) is 0 Å². The van der Waals surface area contributed by atoms with Gasteiger partial charge in [0, 0.05) is 73.3 Å². The van der Waals surface area contributed by atoms with Crippen molar-refractivity contribution < 1.29 is 48.1 Å². The number of carboxylic acid groups (broad SMARTS) is 1. The quantitative estimate of drug-likeness (QED) is 0.0441. The highest BCUT2D eigenvalue weighted by Crippen LogP contribution is 2.33. The number of carbonyl (C=O) groups excluding carboxylic acids is 5. The Hall–Kier alpha value is -4.25. The molecule has 3 heterocycles. The monoisotopic (exact) mass is 813 g/mol. The van der Waals surface area contributed by atoms with Crippen LogP contribution in [0.4, 0.5) is 4.79 Å². The van der Waals surface area contributed by atoms with Crippen LogP contribution in [0.5, 0.6) is 0 Å². The summed E-state index contributed by atoms with van der Waals surface area (Å²) in [5.41, 5.74) is 6.93. The molecule has 2 aliphatic rings. The minimum absolute atomic E-state index is 0.0458. The van der Waals surface area contributed by atoms with E-state index in [0.717, 1.165) is 55.7 Å². The second-order valence-corrected chi connectivity index (χ2v) is 15.8. The third kappa shape index (κ3) is 15.6. The fraction of sp³-hybridized carbons (Fsp3) is 0.610. The molecule has 0 saturated carbocycles. The van der Waals surface area contributed by atoms with Gasteiger partial charge < -0.3 is 34.5 Å². The van der Waals surface area contributed by atoms with Gasteiger partial charge >= 0.3 is 12.0 Å². The van der Waals surface area contributed by atoms with Crippen molar-refractivity contribution in [1.82, 2.24) is 26.1 Å². The number of carbonyl (C=O) groups is 6. The van der Waals surface area contributed by atoms with Gasteiger partial charge in [0.15, 0.2) is 0 Å². The van der Waals surface area contributed by atoms with E-state index >= 15 is 0 Å². The van der Waals surface area contributed by atoms with E-state index in [1.807, 2.05) is 37.7 Å². The molecule has 0 unspecified atom stereocenters. The number of amides is 4. The van der Waals surface area contributed by atoms with Gasteiger partial charge in [-0.3, -0.25) is 30.0 Å². The lowest BCUT2D eigenvalue weighted by atomic mass is 10.0. The van der Waals surface area contributed by atoms with Crippen LogP contribution in [0.1, 0.15) is 116 Å². The Labute approximate surface area is 339 Å². The molecule has 1 aromatic heterocycles. The largest absolute Gasteiger partial charge is 0.478 e. The number of Topliss-reactive ketones (excluding diaryl/α,β-unsaturated/α-hetero) is 2. The van der Waals surface area contributed by atoms with Crippen molar-refractivity contribution in [2.75, 3.05) is 45.4 Å². The summed E-state index contributed by atoms with van der Waals surface area (Å²) >= 11 is 1.91. The van der Waals surface area contributed by atoms with E-state index in [4.69, 9.17) is 14.2 Å². The van der Waals surface area contributed by atoms with E-state index in [-0.39, 0.29) is 47.9 Å². The molecular weight excluding hydrogens is 755 g/mol. The maximum atomic E-state index is 12.7. The summed E-state index contributed by atoms with van der Waals surface area (Å²) in [5.74, 6) is -0.814. The first-order valence-corrected chi connectivity index (χ1v) is 21.2. The topological polar surface area (TPSA) is 203 Å². The first-order valence-electron chi connectivity index (χ1n) is 20.1. The highest BCUT2D eigenvalue weighted by Gasteiger charge is 2.42. The lowest BCUT2D eigenvalue weighted by molar-refractivity contribution is -0.122. The van der Waals surface area contributed by atoms with Crippen LogP contribution in [0, 0.1) is 13.8 Å². The van der Waals surface area contributed by atoms with E-state index in [1.165, 1.54) is 18.2 Å². The van der Waals surface area contributed by atoms with Crippen LogP contribution in [0.3, 0.4) is 0 Å². The highest BCUT2D eigenvalue weighted by atomic mass is 32.2. The van der Waals surface area contributed by atoms with Crippen molar-refractivity contribution in [3.05, 3.63) is 52.8 Å². The number of fused-ring (bicyclic) bond motifs is 1. The maximum absolute atomic E-state index is 12.7. The number of aryl methyl sites for hydroxylation is 2. The van der Waals surface area contributed by atoms with Crippen LogP contribution in [0.2, 0.25) is 0 Å². The summed E-state index contributed by atoms with van der Waals surface area (Å²) < 4.78 is 18.5. The molecule has 5 N–H and O–H groups in total. The first-order chi connectivity index (χ1) is 27.5. The molecule has 15 nitrogen and oxygen atoms in total. The normalized spacial score (nSPS) is 17.2. The summed E-state index contributed by atoms with van der Waals surface area (Å²) in [5, 5.41) is 16.1. The standard InChI is InChI=1S/C41H59N5O10S/c1-28-16-17-29(2)46(28)35-26-30(18-19-33(35)40(51)52)39(50)45-44-37(49)15-9-13-32(48)12-6-8-21-55-23-25-56-24-22-54-20-7-5-11-31(47)10-3-4-14-36-38-34(27-57-36)42-41(53)43-38/h16-19,26,34,36,38H,3-15,20-25,27H2,1-2H3,(H,44,49)(H,45,50)(H,51,52)(H2,42,43,53)/t34-,36+,38-/m1/s1. The van der Waals surface area contributed by atoms with Gasteiger partial charge in [0.25, 0.3) is 5.91 Å². The van der Waals surface area contributed by atoms with E-state index in [2.05, 4.69) is 21.5 Å². The number of hydrogen-bond acceptors (Lipinski definition) is 10. The molecule has 2 saturated heterocycles. The number of thioether (sulfide) groups is 1. The van der Waals surface area contributed by atoms with Crippen LogP contribution in [0.15, 0.2) is 30.3 Å². The fourth-order valence-corrected chi connectivity index (χ4v) is 8.49. The molecule has 2 aromatic rings. The number of hydrazine groups is 1. The second-order valence-electron chi connectivity index (χ2n) is 14.5. The van der Waals surface area contributed by atoms with Crippen molar-refractivity contribution >= 4 is 47.1 Å². The molecule has 4 rings (SSSR count). The molecule has 314 valence electrons. The number of hydrogen-bond donors (Lipinski definition) is 5. The number of ether oxygens (including phenoxy) is 3. The molecule has 16 heteroatoms. The van der Waals surface area contributed by atoms with Gasteiger partial charge in [-0.15, -0.1) is 0 Å². The number of nitrogens with one attached hydrogen (secondary N) is 4. The SMILES string of the molecule is Cc1ccc(C)n1-c1cc(C(=O)NNC(=O)CCCC(=O)CCCCOCCOCCOCCCCC(=O)CCCC[C@@H]2SC[C@H]3NC(=O)N[C@@H]23)ccc1C(=O)O. The van der Waals surface area contributed by atoms with Gasteiger partial charge in [0.2, 0.25) is 5.91 Å². The maximum Gasteiger partial charge on any atom is 0.337 e. The number of unbranched alkanes of at least 4 members (excludes halogenated alkanes) is 3. The Balaban J connectivity index is 0.898. The summed E-state index contributed by atoms with van der Waals surface area (Å²) in [4.78, 5) is 72.8. The van der Waals surface area contributed by atoms with Crippen LogP contribution < -0.4 is 21.5 Å². The molecular formula is C41H59N5O10S. The number of urea groups is 1. The fourth-order valence-electron chi connectivity index (χ4n) is 6.95. The minimum atomic E-state index is -1.12. The Morgan fingerprint density at radius 2 is 1.32 bits per heavy atom. The third-order valence-electron chi connectivity index (χ3n) is 10.0. The molecule has 3 atom stereocenters. The number of benzene rings is 1. The van der Waals surface area contributed by atoms with Gasteiger partial charge in [-0.05, 0) is 89.1 Å². The van der Waals surface area contributed by atoms with Crippen LogP contribution in [0.25, 0.3) is 5.69 Å². The van der Waals surface area contributed by atoms with E-state index in [9.17, 15) is 33.9 Å². The summed E-state index contributed by atoms with van der Waals surface area (Å²) in [7, 11) is 0. The average molecular weight is 814 g/mol. The zero-order valence-electron chi connectivity index (χ0n) is 33.2. The van der Waals surface area contributed by atoms with Gasteiger partial charge in [0.05, 0.1) is 49.8 Å². The lowest BCUT2D eigenvalue weighted by Gasteiger charge is -2.16. The molecule has 57 heavy (non-hydrogen) atoms. The second kappa shape index (κ2) is 24.5. The van der Waals surface area contributed by atoms with Crippen molar-refractivity contribution in [2.45, 2.75) is 115 Å². The van der Waals surface area contributed by atoms with Crippen LogP contribution in [-0.4, -0.2) is 108 Å². The minimum Gasteiger partial charge on any atom is -0.478 e. The van der Waals surface area contributed by atoms with Gasteiger partial charge in [-0.25, -0.2) is 9.59 Å². The number of rotatable bonds is 28. The number of aromatic carboxylic acids is 1. The molecule has 0 aliphatic carbocycles. The van der Waals surface area contributed by atoms with Gasteiger partial charge in [-0.1, -0.05) is 6.42 Å². The number of carboxylic acids is 1. The molecule has 0 spiro atoms. The molecule has 1 aromatic carbocycles. The predicted molar refractivity (Wildman–Crippen MR) is 216 cm³/mol. The van der Waals surface area contributed by atoms with Crippen molar-refractivity contribution in [3.63, 3.8) is 0 Å². The zero-order chi connectivity index (χ0) is 41.0. The third-order valence-corrected chi connectivity index (χ3v) is 11.6. The van der Waals surface area contributed by atoms with E-state index in [0.29, 0.717) is 88.5 Å². The Morgan fingerprint density at radius 1 is 0.737 bits per heavy atom. The van der Waals surface area contributed by atoms with E-state index in [1.54, 1.807) is 4.57 Å². The van der Waals surface area contributed by atoms with E-state index < -0.39 is 17.8 Å². The summed E-state index contributed by atoms with van der Waals surface area (Å²) in [6, 6.07) is 8.35. The zero-order valence-corrected chi connectivity index (χ0v) is 34.1. The van der Waals surface area contributed by atoms with Gasteiger partial charge in [-0.2, -0.15) is 11.8 Å². The average Bonchev–Trinajstić information content (AvgIpc) is 3.86. The molecule has 2 aliphatic heterocycles. The first kappa shape index (κ1) is 45.5. The van der Waals surface area contributed by atoms with Crippen molar-refractivity contribution in [3.8, 4) is 5.69 Å². The summed E-state index contributed by atoms with van der Waals surface area (Å²) in [6.45, 7) is 6.68.